The molecule has 4 aliphatic carbocycles. The largest absolute Gasteiger partial charge is 0.457 e. The molecule has 14 heteroatoms. The van der Waals surface area contributed by atoms with E-state index < -0.39 is 55.0 Å². The van der Waals surface area contributed by atoms with Gasteiger partial charge in [0, 0.05) is 37.0 Å². The molecule has 0 saturated heterocycles. The van der Waals surface area contributed by atoms with E-state index in [1.807, 2.05) is 27.7 Å². The van der Waals surface area contributed by atoms with Crippen molar-refractivity contribution in [1.29, 1.82) is 0 Å². The van der Waals surface area contributed by atoms with Gasteiger partial charge in [-0.1, -0.05) is 55.4 Å². The number of carbonyl (C=O) groups is 2. The first-order chi connectivity index (χ1) is 22.4. The Morgan fingerprint density at radius 3 is 1.29 bits per heavy atom. The first kappa shape index (κ1) is 37.1. The molecule has 1 heterocycles. The van der Waals surface area contributed by atoms with Gasteiger partial charge in [0.05, 0.1) is 23.9 Å². The summed E-state index contributed by atoms with van der Waals surface area (Å²) in [4.78, 5) is 35.2. The lowest BCUT2D eigenvalue weighted by atomic mass is 9.69. The Bertz CT molecular complexity index is 1490. The van der Waals surface area contributed by atoms with Crippen molar-refractivity contribution < 1.29 is 35.9 Å². The minimum Gasteiger partial charge on any atom is -0.457 e. The van der Waals surface area contributed by atoms with E-state index in [-0.39, 0.29) is 45.6 Å². The van der Waals surface area contributed by atoms with E-state index in [9.17, 15) is 26.4 Å². The molecule has 0 aromatic carbocycles. The van der Waals surface area contributed by atoms with Crippen molar-refractivity contribution in [2.75, 3.05) is 37.7 Å². The van der Waals surface area contributed by atoms with E-state index in [1.54, 1.807) is 0 Å². The highest BCUT2D eigenvalue weighted by Crippen LogP contribution is 2.68. The lowest BCUT2D eigenvalue weighted by Gasteiger charge is -2.42. The van der Waals surface area contributed by atoms with Crippen LogP contribution in [0, 0.1) is 33.5 Å². The highest BCUT2D eigenvalue weighted by molar-refractivity contribution is 7.89. The molecular formula is C34H54N4O8S2. The predicted molar refractivity (Wildman–Crippen MR) is 181 cm³/mol. The second kappa shape index (κ2) is 12.9. The number of ether oxygens (including phenoxy) is 2. The molecule has 0 aliphatic heterocycles. The third-order valence-electron chi connectivity index (χ3n) is 13.4. The summed E-state index contributed by atoms with van der Waals surface area (Å²) < 4.78 is 68.8. The van der Waals surface area contributed by atoms with Gasteiger partial charge in [-0.05, 0) is 61.2 Å². The molecule has 4 bridgehead atoms. The van der Waals surface area contributed by atoms with E-state index in [0.29, 0.717) is 51.9 Å². The Morgan fingerprint density at radius 1 is 0.688 bits per heavy atom. The fourth-order valence-electron chi connectivity index (χ4n) is 10.00. The first-order valence-corrected chi connectivity index (χ1v) is 20.8. The van der Waals surface area contributed by atoms with Crippen molar-refractivity contribution in [1.82, 2.24) is 18.6 Å². The lowest BCUT2D eigenvalue weighted by Crippen LogP contribution is -2.49. The Morgan fingerprint density at radius 2 is 1.02 bits per heavy atom. The van der Waals surface area contributed by atoms with E-state index >= 15 is 0 Å². The standard InChI is InChI=1S/C34H54N4O8S2/c1-9-37(10-2)47(41,42)21-33-15-13-23(31(33,5)6)17-27(33)45-29(39)25-19-36-26(20-35-25)30(40)46-28-18-24-14-16-34(28,32(24,7)8)22-48(43,44)38(11-3)12-4/h19-20,23-24,27-28H,9-18,21-22H2,1-8H3/t23-,24-,27-,28-,33-,34-/m1/s1. The van der Waals surface area contributed by atoms with Crippen LogP contribution in [0.2, 0.25) is 0 Å². The average molecular weight is 711 g/mol. The van der Waals surface area contributed by atoms with Gasteiger partial charge in [-0.25, -0.2) is 45.0 Å². The van der Waals surface area contributed by atoms with Gasteiger partial charge in [0.15, 0.2) is 11.4 Å². The quantitative estimate of drug-likeness (QED) is 0.252. The van der Waals surface area contributed by atoms with E-state index in [4.69, 9.17) is 9.47 Å². The van der Waals surface area contributed by atoms with Crippen molar-refractivity contribution in [3.63, 3.8) is 0 Å². The number of sulfonamides is 2. The maximum atomic E-state index is 13.5. The van der Waals surface area contributed by atoms with Crippen molar-refractivity contribution in [2.24, 2.45) is 33.5 Å². The number of hydrogen-bond acceptors (Lipinski definition) is 10. The average Bonchev–Trinajstić information content (AvgIpc) is 3.55. The highest BCUT2D eigenvalue weighted by Gasteiger charge is 2.68. The zero-order valence-electron chi connectivity index (χ0n) is 29.8. The van der Waals surface area contributed by atoms with Crippen LogP contribution in [0.4, 0.5) is 0 Å². The monoisotopic (exact) mass is 710 g/mol. The summed E-state index contributed by atoms with van der Waals surface area (Å²) in [5.41, 5.74) is -2.31. The molecule has 4 aliphatic rings. The van der Waals surface area contributed by atoms with Gasteiger partial charge < -0.3 is 9.47 Å². The fourth-order valence-corrected chi connectivity index (χ4v) is 14.6. The summed E-state index contributed by atoms with van der Waals surface area (Å²) in [5.74, 6) is -1.15. The maximum absolute atomic E-state index is 13.5. The van der Waals surface area contributed by atoms with Crippen LogP contribution in [0.1, 0.15) is 115 Å². The molecule has 4 fully saturated rings. The summed E-state index contributed by atoms with van der Waals surface area (Å²) in [6.45, 7) is 17.1. The highest BCUT2D eigenvalue weighted by atomic mass is 32.2. The molecule has 4 saturated carbocycles. The minimum absolute atomic E-state index is 0.0864. The Kier molecular flexibility index (Phi) is 9.95. The molecule has 0 amide bonds. The maximum Gasteiger partial charge on any atom is 0.358 e. The molecule has 0 N–H and O–H groups in total. The van der Waals surface area contributed by atoms with Crippen molar-refractivity contribution in [2.45, 2.75) is 106 Å². The normalized spacial score (nSPS) is 31.9. The zero-order valence-corrected chi connectivity index (χ0v) is 31.5. The molecule has 270 valence electrons. The SMILES string of the molecule is CCN(CC)S(=O)(=O)C[C@]12CC[C@H](C[C@H]1OC(=O)c1cnc(C(=O)O[C@@H]3C[C@H]4CC[C@]3(CS(=O)(=O)N(CC)CC)C4(C)C)cn1)C2(C)C. The molecule has 12 nitrogen and oxygen atoms in total. The van der Waals surface area contributed by atoms with E-state index in [2.05, 4.69) is 37.7 Å². The third-order valence-corrected chi connectivity index (χ3v) is 17.7. The Labute approximate surface area is 286 Å². The minimum atomic E-state index is -3.59. The van der Waals surface area contributed by atoms with Gasteiger partial charge in [-0.3, -0.25) is 0 Å². The van der Waals surface area contributed by atoms with Crippen molar-refractivity contribution >= 4 is 32.0 Å². The van der Waals surface area contributed by atoms with E-state index in [0.717, 1.165) is 12.8 Å². The van der Waals surface area contributed by atoms with Crippen molar-refractivity contribution in [3.05, 3.63) is 23.8 Å². The summed E-state index contributed by atoms with van der Waals surface area (Å²) in [5, 5.41) is 0. The number of carbonyl (C=O) groups excluding carboxylic acids is 2. The fraction of sp³-hybridized carbons (Fsp3) is 0.824. The van der Waals surface area contributed by atoms with Crippen LogP contribution in [-0.4, -0.2) is 97.2 Å². The van der Waals surface area contributed by atoms with Gasteiger partial charge >= 0.3 is 11.9 Å². The van der Waals surface area contributed by atoms with Crippen molar-refractivity contribution in [3.8, 4) is 0 Å². The predicted octanol–water partition coefficient (Wildman–Crippen LogP) is 4.52. The topological polar surface area (TPSA) is 153 Å². The van der Waals surface area contributed by atoms with E-state index in [1.165, 1.54) is 21.0 Å². The Balaban J connectivity index is 1.30. The van der Waals surface area contributed by atoms with Gasteiger partial charge in [0.2, 0.25) is 20.0 Å². The second-order valence-corrected chi connectivity index (χ2v) is 19.4. The van der Waals surface area contributed by atoms with Crippen LogP contribution in [0.25, 0.3) is 0 Å². The number of rotatable bonds is 14. The number of hydrogen-bond donors (Lipinski definition) is 0. The van der Waals surface area contributed by atoms with Gasteiger partial charge in [-0.2, -0.15) is 0 Å². The van der Waals surface area contributed by atoms with Gasteiger partial charge in [0.25, 0.3) is 0 Å². The summed E-state index contributed by atoms with van der Waals surface area (Å²) in [6, 6.07) is 0. The number of aromatic nitrogens is 2. The van der Waals surface area contributed by atoms with Gasteiger partial charge in [0.1, 0.15) is 12.2 Å². The van der Waals surface area contributed by atoms with Crippen LogP contribution >= 0.6 is 0 Å². The molecule has 5 rings (SSSR count). The Hall–Kier alpha value is -2.16. The molecule has 1 aromatic heterocycles. The summed E-state index contributed by atoms with van der Waals surface area (Å²) in [6.07, 6.45) is 5.39. The molecule has 6 atom stereocenters. The molecule has 1 aromatic rings. The number of nitrogens with zero attached hydrogens (tertiary/aromatic N) is 4. The lowest BCUT2D eigenvalue weighted by molar-refractivity contribution is -0.0247. The molecule has 0 unspecified atom stereocenters. The van der Waals surface area contributed by atoms with Crippen LogP contribution < -0.4 is 0 Å². The molecule has 0 radical (unpaired) electrons. The van der Waals surface area contributed by atoms with Crippen LogP contribution in [0.3, 0.4) is 0 Å². The summed E-state index contributed by atoms with van der Waals surface area (Å²) in [7, 11) is -7.17. The van der Waals surface area contributed by atoms with Crippen LogP contribution in [0.5, 0.6) is 0 Å². The first-order valence-electron chi connectivity index (χ1n) is 17.5. The molecule has 48 heavy (non-hydrogen) atoms. The molecular weight excluding hydrogens is 657 g/mol. The number of fused-ring (bicyclic) bond motifs is 4. The third kappa shape index (κ3) is 5.79. The second-order valence-electron chi connectivity index (χ2n) is 15.5. The zero-order chi connectivity index (χ0) is 35.5. The molecule has 0 spiro atoms. The smallest absolute Gasteiger partial charge is 0.358 e. The number of esters is 2. The summed E-state index contributed by atoms with van der Waals surface area (Å²) >= 11 is 0. The van der Waals surface area contributed by atoms with Crippen LogP contribution in [-0.2, 0) is 29.5 Å². The van der Waals surface area contributed by atoms with Crippen LogP contribution in [0.15, 0.2) is 12.4 Å². The van der Waals surface area contributed by atoms with Gasteiger partial charge in [-0.15, -0.1) is 0 Å².